The molecule has 0 spiro atoms. The van der Waals surface area contributed by atoms with Crippen molar-refractivity contribution in [1.82, 2.24) is 0 Å². The van der Waals surface area contributed by atoms with E-state index in [-0.39, 0.29) is 0 Å². The van der Waals surface area contributed by atoms with Gasteiger partial charge in [0.05, 0.1) is 16.7 Å². The van der Waals surface area contributed by atoms with E-state index in [4.69, 9.17) is 14.2 Å². The van der Waals surface area contributed by atoms with Gasteiger partial charge in [-0.3, -0.25) is 0 Å². The summed E-state index contributed by atoms with van der Waals surface area (Å²) in [5.74, 6) is -1.78. The molecule has 2 unspecified atom stereocenters. The maximum Gasteiger partial charge on any atom is 0.338 e. The van der Waals surface area contributed by atoms with Gasteiger partial charge >= 0.3 is 17.9 Å². The lowest BCUT2D eigenvalue weighted by Crippen LogP contribution is -2.53. The number of esters is 3. The number of carbonyl (C=O) groups excluding carboxylic acids is 3. The molecular formula is C27H26O6. The molecule has 0 heterocycles. The highest BCUT2D eigenvalue weighted by molar-refractivity contribution is 5.91. The molecule has 0 amide bonds. The molecular weight excluding hydrogens is 420 g/mol. The first-order valence-electron chi connectivity index (χ1n) is 10.6. The first-order valence-corrected chi connectivity index (χ1v) is 10.6. The monoisotopic (exact) mass is 446 g/mol. The van der Waals surface area contributed by atoms with E-state index in [1.54, 1.807) is 112 Å². The highest BCUT2D eigenvalue weighted by atomic mass is 16.6. The number of hydrogen-bond acceptors (Lipinski definition) is 6. The summed E-state index contributed by atoms with van der Waals surface area (Å²) in [5.41, 5.74) is -0.432. The molecule has 2 atom stereocenters. The molecule has 0 aliphatic carbocycles. The molecule has 6 nitrogen and oxygen atoms in total. The fraction of sp³-hybridized carbons (Fsp3) is 0.222. The Kier molecular flexibility index (Phi) is 7.61. The van der Waals surface area contributed by atoms with Crippen LogP contribution in [0.2, 0.25) is 0 Å². The smallest absolute Gasteiger partial charge is 0.338 e. The van der Waals surface area contributed by atoms with Gasteiger partial charge in [-0.25, -0.2) is 14.4 Å². The van der Waals surface area contributed by atoms with Gasteiger partial charge in [0.15, 0.2) is 5.60 Å². The van der Waals surface area contributed by atoms with Crippen LogP contribution in [0, 0.1) is 0 Å². The molecule has 3 aromatic carbocycles. The highest BCUT2D eigenvalue weighted by Crippen LogP contribution is 2.28. The molecule has 0 saturated carbocycles. The first kappa shape index (κ1) is 23.7. The van der Waals surface area contributed by atoms with E-state index >= 15 is 0 Å². The minimum Gasteiger partial charge on any atom is -0.455 e. The van der Waals surface area contributed by atoms with E-state index in [1.807, 2.05) is 0 Å². The van der Waals surface area contributed by atoms with E-state index in [2.05, 4.69) is 0 Å². The van der Waals surface area contributed by atoms with Crippen LogP contribution in [0.15, 0.2) is 91.0 Å². The van der Waals surface area contributed by atoms with Crippen molar-refractivity contribution >= 4 is 17.9 Å². The lowest BCUT2D eigenvalue weighted by molar-refractivity contribution is -0.136. The van der Waals surface area contributed by atoms with E-state index in [0.29, 0.717) is 16.7 Å². The van der Waals surface area contributed by atoms with Gasteiger partial charge in [0.1, 0.15) is 12.2 Å². The number of rotatable bonds is 8. The number of hydrogen-bond donors (Lipinski definition) is 0. The second kappa shape index (κ2) is 10.6. The summed E-state index contributed by atoms with van der Waals surface area (Å²) in [6, 6.07) is 25.4. The van der Waals surface area contributed by atoms with Crippen molar-refractivity contribution in [3.8, 4) is 0 Å². The number of carbonyl (C=O) groups is 3. The molecule has 0 saturated heterocycles. The maximum absolute atomic E-state index is 12.9. The van der Waals surface area contributed by atoms with Crippen molar-refractivity contribution < 1.29 is 28.6 Å². The van der Waals surface area contributed by atoms with Gasteiger partial charge in [-0.1, -0.05) is 54.6 Å². The molecule has 0 radical (unpaired) electrons. The summed E-state index contributed by atoms with van der Waals surface area (Å²) in [6.45, 7) is 4.79. The van der Waals surface area contributed by atoms with Crippen LogP contribution in [0.5, 0.6) is 0 Å². The molecule has 0 fully saturated rings. The topological polar surface area (TPSA) is 78.9 Å². The lowest BCUT2D eigenvalue weighted by atomic mass is 9.93. The molecule has 0 bridgehead atoms. The minimum absolute atomic E-state index is 0.326. The molecule has 0 aliphatic rings. The van der Waals surface area contributed by atoms with Crippen LogP contribution in [0.25, 0.3) is 0 Å². The zero-order valence-electron chi connectivity index (χ0n) is 18.8. The Hall–Kier alpha value is -3.93. The third-order valence-electron chi connectivity index (χ3n) is 5.52. The summed E-state index contributed by atoms with van der Waals surface area (Å²) in [4.78, 5) is 38.2. The second-order valence-electron chi connectivity index (χ2n) is 7.77. The Morgan fingerprint density at radius 3 is 1.21 bits per heavy atom. The normalized spacial score (nSPS) is 14.3. The third-order valence-corrected chi connectivity index (χ3v) is 5.52. The Labute approximate surface area is 193 Å². The summed E-state index contributed by atoms with van der Waals surface area (Å²) >= 11 is 0. The van der Waals surface area contributed by atoms with Crippen molar-refractivity contribution in [2.45, 2.75) is 38.6 Å². The fourth-order valence-electron chi connectivity index (χ4n) is 3.17. The van der Waals surface area contributed by atoms with E-state index < -0.39 is 35.7 Å². The molecule has 33 heavy (non-hydrogen) atoms. The predicted octanol–water partition coefficient (Wildman–Crippen LogP) is 5.09. The summed E-state index contributed by atoms with van der Waals surface area (Å²) in [7, 11) is 0. The average Bonchev–Trinajstić information content (AvgIpc) is 2.85. The van der Waals surface area contributed by atoms with Crippen molar-refractivity contribution in [1.29, 1.82) is 0 Å². The average molecular weight is 446 g/mol. The summed E-state index contributed by atoms with van der Waals surface area (Å²) in [5, 5.41) is 0. The summed E-state index contributed by atoms with van der Waals surface area (Å²) < 4.78 is 17.1. The lowest BCUT2D eigenvalue weighted by Gasteiger charge is -2.38. The van der Waals surface area contributed by atoms with Gasteiger partial charge < -0.3 is 14.2 Å². The molecule has 0 aliphatic heterocycles. The summed E-state index contributed by atoms with van der Waals surface area (Å²) in [6.07, 6.45) is -1.87. The van der Waals surface area contributed by atoms with Crippen LogP contribution >= 0.6 is 0 Å². The second-order valence-corrected chi connectivity index (χ2v) is 7.77. The van der Waals surface area contributed by atoms with Crippen LogP contribution in [0.4, 0.5) is 0 Å². The van der Waals surface area contributed by atoms with Gasteiger partial charge in [0.25, 0.3) is 0 Å². The van der Waals surface area contributed by atoms with Gasteiger partial charge in [-0.05, 0) is 57.2 Å². The minimum atomic E-state index is -1.47. The molecule has 6 heteroatoms. The third kappa shape index (κ3) is 5.86. The van der Waals surface area contributed by atoms with Crippen molar-refractivity contribution in [3.05, 3.63) is 108 Å². The Morgan fingerprint density at radius 2 is 0.879 bits per heavy atom. The Balaban J connectivity index is 1.84. The van der Waals surface area contributed by atoms with Crippen LogP contribution in [-0.4, -0.2) is 35.7 Å². The molecule has 3 aromatic rings. The highest BCUT2D eigenvalue weighted by Gasteiger charge is 2.46. The van der Waals surface area contributed by atoms with Crippen LogP contribution < -0.4 is 0 Å². The van der Waals surface area contributed by atoms with Gasteiger partial charge in [-0.2, -0.15) is 0 Å². The van der Waals surface area contributed by atoms with Gasteiger partial charge in [0, 0.05) is 0 Å². The quantitative estimate of drug-likeness (QED) is 0.354. The standard InChI is InChI=1S/C27H26O6/c1-19(31-24(28)21-13-7-4-8-14-21)27(3,33-26(30)23-17-11-6-12-18-23)20(2)32-25(29)22-15-9-5-10-16-22/h4-20H,1-3H3. The van der Waals surface area contributed by atoms with Crippen molar-refractivity contribution in [2.75, 3.05) is 0 Å². The first-order chi connectivity index (χ1) is 15.8. The van der Waals surface area contributed by atoms with Crippen molar-refractivity contribution in [2.24, 2.45) is 0 Å². The maximum atomic E-state index is 12.9. The largest absolute Gasteiger partial charge is 0.455 e. The Morgan fingerprint density at radius 1 is 0.576 bits per heavy atom. The van der Waals surface area contributed by atoms with E-state index in [1.165, 1.54) is 0 Å². The van der Waals surface area contributed by atoms with E-state index in [9.17, 15) is 14.4 Å². The van der Waals surface area contributed by atoms with Gasteiger partial charge in [0.2, 0.25) is 0 Å². The van der Waals surface area contributed by atoms with E-state index in [0.717, 1.165) is 0 Å². The predicted molar refractivity (Wildman–Crippen MR) is 123 cm³/mol. The zero-order chi connectivity index (χ0) is 23.8. The van der Waals surface area contributed by atoms with Gasteiger partial charge in [-0.15, -0.1) is 0 Å². The number of benzene rings is 3. The molecule has 0 aromatic heterocycles. The Bertz CT molecular complexity index is 1020. The molecule has 0 N–H and O–H groups in total. The van der Waals surface area contributed by atoms with Crippen molar-refractivity contribution in [3.63, 3.8) is 0 Å². The van der Waals surface area contributed by atoms with Crippen LogP contribution in [0.3, 0.4) is 0 Å². The molecule has 170 valence electrons. The zero-order valence-corrected chi connectivity index (χ0v) is 18.8. The number of ether oxygens (including phenoxy) is 3. The van der Waals surface area contributed by atoms with Crippen LogP contribution in [-0.2, 0) is 14.2 Å². The van der Waals surface area contributed by atoms with Crippen LogP contribution in [0.1, 0.15) is 51.8 Å². The molecule has 3 rings (SSSR count). The SMILES string of the molecule is CC(OC(=O)c1ccccc1)C(C)(OC(=O)c1ccccc1)C(C)OC(=O)c1ccccc1. The fourth-order valence-corrected chi connectivity index (χ4v) is 3.17.